The average molecular weight is 215 g/mol. The number of likely N-dealkylation sites (N-methyl/N-ethyl adjacent to an activating group) is 1. The van der Waals surface area contributed by atoms with Gasteiger partial charge in [0.05, 0.1) is 12.3 Å². The number of nitrogens with zero attached hydrogens (tertiary/aromatic N) is 2. The lowest BCUT2D eigenvalue weighted by molar-refractivity contribution is 0.120. The highest BCUT2D eigenvalue weighted by Crippen LogP contribution is 2.12. The maximum atomic E-state index is 5.54. The molecule has 0 aliphatic rings. The molecule has 1 heterocycles. The van der Waals surface area contributed by atoms with Gasteiger partial charge >= 0.3 is 0 Å². The van der Waals surface area contributed by atoms with Crippen molar-refractivity contribution < 1.29 is 4.74 Å². The highest BCUT2D eigenvalue weighted by Gasteiger charge is 2.03. The molecule has 0 aliphatic heterocycles. The molecule has 0 radical (unpaired) electrons. The molecule has 0 saturated heterocycles. The third-order valence-electron chi connectivity index (χ3n) is 1.82. The summed E-state index contributed by atoms with van der Waals surface area (Å²) in [5, 5.41) is 2.63. The maximum Gasteiger partial charge on any atom is 0.180 e. The van der Waals surface area contributed by atoms with Crippen molar-refractivity contribution in [2.75, 3.05) is 32.5 Å². The van der Waals surface area contributed by atoms with Crippen LogP contribution in [0.1, 0.15) is 12.6 Å². The summed E-state index contributed by atoms with van der Waals surface area (Å²) in [6.45, 7) is 5.30. The number of nitrogen functional groups attached to an aromatic ring is 1. The number of aromatic nitrogens is 1. The van der Waals surface area contributed by atoms with Crippen molar-refractivity contribution in [1.82, 2.24) is 9.88 Å². The maximum absolute atomic E-state index is 5.54. The second-order valence-electron chi connectivity index (χ2n) is 3.11. The minimum Gasteiger partial charge on any atom is -0.380 e. The van der Waals surface area contributed by atoms with E-state index in [0.717, 1.165) is 32.0 Å². The van der Waals surface area contributed by atoms with Gasteiger partial charge in [0.15, 0.2) is 5.13 Å². The Bertz CT molecular complexity index is 264. The normalized spacial score (nSPS) is 11.1. The Morgan fingerprint density at radius 1 is 1.64 bits per heavy atom. The molecule has 0 aromatic carbocycles. The van der Waals surface area contributed by atoms with E-state index in [-0.39, 0.29) is 0 Å². The van der Waals surface area contributed by atoms with E-state index >= 15 is 0 Å². The lowest BCUT2D eigenvalue weighted by Crippen LogP contribution is -2.22. The van der Waals surface area contributed by atoms with Gasteiger partial charge in [-0.25, -0.2) is 4.98 Å². The van der Waals surface area contributed by atoms with Gasteiger partial charge in [-0.1, -0.05) is 0 Å². The van der Waals surface area contributed by atoms with E-state index in [1.807, 2.05) is 12.3 Å². The molecule has 80 valence electrons. The topological polar surface area (TPSA) is 51.4 Å². The van der Waals surface area contributed by atoms with Crippen molar-refractivity contribution in [3.8, 4) is 0 Å². The van der Waals surface area contributed by atoms with E-state index in [2.05, 4.69) is 16.9 Å². The quantitative estimate of drug-likeness (QED) is 0.724. The first-order chi connectivity index (χ1) is 6.72. The molecule has 0 atom stereocenters. The molecule has 1 aromatic rings. The lowest BCUT2D eigenvalue weighted by Gasteiger charge is -2.14. The van der Waals surface area contributed by atoms with Crippen LogP contribution in [0.3, 0.4) is 0 Å². The van der Waals surface area contributed by atoms with Crippen LogP contribution < -0.4 is 5.73 Å². The molecule has 0 fully saturated rings. The van der Waals surface area contributed by atoms with Crippen LogP contribution in [0.2, 0.25) is 0 Å². The predicted octanol–water partition coefficient (Wildman–Crippen LogP) is 1.19. The minimum atomic E-state index is 0.637. The molecule has 1 rings (SSSR count). The van der Waals surface area contributed by atoms with Crippen molar-refractivity contribution in [3.05, 3.63) is 11.1 Å². The number of anilines is 1. The molecular formula is C9H17N3OS. The first-order valence-corrected chi connectivity index (χ1v) is 5.56. The molecule has 14 heavy (non-hydrogen) atoms. The Labute approximate surface area is 88.7 Å². The first kappa shape index (κ1) is 11.4. The fraction of sp³-hybridized carbons (Fsp3) is 0.667. The molecule has 0 bridgehead atoms. The Kier molecular flexibility index (Phi) is 4.86. The van der Waals surface area contributed by atoms with Crippen LogP contribution in [-0.2, 0) is 11.3 Å². The van der Waals surface area contributed by atoms with Gasteiger partial charge in [0, 0.05) is 25.1 Å². The predicted molar refractivity (Wildman–Crippen MR) is 59.4 cm³/mol. The van der Waals surface area contributed by atoms with Crippen molar-refractivity contribution in [1.29, 1.82) is 0 Å². The summed E-state index contributed by atoms with van der Waals surface area (Å²) in [6, 6.07) is 0. The van der Waals surface area contributed by atoms with Gasteiger partial charge < -0.3 is 10.5 Å². The summed E-state index contributed by atoms with van der Waals surface area (Å²) in [5.74, 6) is 0. The molecule has 5 heteroatoms. The average Bonchev–Trinajstić information content (AvgIpc) is 2.52. The lowest BCUT2D eigenvalue weighted by atomic mass is 10.4. The first-order valence-electron chi connectivity index (χ1n) is 4.68. The number of nitrogens with two attached hydrogens (primary N) is 1. The third-order valence-corrected chi connectivity index (χ3v) is 2.55. The van der Waals surface area contributed by atoms with E-state index in [0.29, 0.717) is 5.13 Å². The zero-order valence-corrected chi connectivity index (χ0v) is 9.51. The van der Waals surface area contributed by atoms with Crippen molar-refractivity contribution in [3.63, 3.8) is 0 Å². The van der Waals surface area contributed by atoms with E-state index in [1.165, 1.54) is 11.3 Å². The molecule has 0 saturated carbocycles. The van der Waals surface area contributed by atoms with Crippen LogP contribution in [-0.4, -0.2) is 36.7 Å². The SMILES string of the molecule is CCOCCN(C)Cc1csc(N)n1. The zero-order valence-electron chi connectivity index (χ0n) is 8.69. The van der Waals surface area contributed by atoms with Gasteiger partial charge in [-0.2, -0.15) is 0 Å². The Morgan fingerprint density at radius 3 is 3.00 bits per heavy atom. The largest absolute Gasteiger partial charge is 0.380 e. The molecule has 0 unspecified atom stereocenters. The number of ether oxygens (including phenoxy) is 1. The van der Waals surface area contributed by atoms with Gasteiger partial charge in [0.25, 0.3) is 0 Å². The molecule has 0 aliphatic carbocycles. The summed E-state index contributed by atoms with van der Waals surface area (Å²) < 4.78 is 5.26. The molecular weight excluding hydrogens is 198 g/mol. The molecule has 0 spiro atoms. The van der Waals surface area contributed by atoms with Crippen LogP contribution in [0.15, 0.2) is 5.38 Å². The smallest absolute Gasteiger partial charge is 0.180 e. The highest BCUT2D eigenvalue weighted by atomic mass is 32.1. The van der Waals surface area contributed by atoms with E-state index < -0.39 is 0 Å². The molecule has 2 N–H and O–H groups in total. The van der Waals surface area contributed by atoms with Crippen molar-refractivity contribution in [2.24, 2.45) is 0 Å². The second kappa shape index (κ2) is 5.95. The van der Waals surface area contributed by atoms with Crippen LogP contribution in [0.25, 0.3) is 0 Å². The number of thiazole rings is 1. The van der Waals surface area contributed by atoms with Gasteiger partial charge in [-0.3, -0.25) is 4.90 Å². The van der Waals surface area contributed by atoms with E-state index in [1.54, 1.807) is 0 Å². The molecule has 1 aromatic heterocycles. The van der Waals surface area contributed by atoms with E-state index in [4.69, 9.17) is 10.5 Å². The summed E-state index contributed by atoms with van der Waals surface area (Å²) in [5.41, 5.74) is 6.57. The van der Waals surface area contributed by atoms with Crippen LogP contribution in [0.4, 0.5) is 5.13 Å². The van der Waals surface area contributed by atoms with Crippen molar-refractivity contribution in [2.45, 2.75) is 13.5 Å². The van der Waals surface area contributed by atoms with Gasteiger partial charge in [0.1, 0.15) is 0 Å². The van der Waals surface area contributed by atoms with Crippen molar-refractivity contribution >= 4 is 16.5 Å². The minimum absolute atomic E-state index is 0.637. The Balaban J connectivity index is 2.23. The zero-order chi connectivity index (χ0) is 10.4. The molecule has 4 nitrogen and oxygen atoms in total. The summed E-state index contributed by atoms with van der Waals surface area (Å²) in [7, 11) is 2.05. The summed E-state index contributed by atoms with van der Waals surface area (Å²) >= 11 is 1.48. The Hall–Kier alpha value is -0.650. The Morgan fingerprint density at radius 2 is 2.43 bits per heavy atom. The second-order valence-corrected chi connectivity index (χ2v) is 4.00. The fourth-order valence-electron chi connectivity index (χ4n) is 1.12. The summed E-state index contributed by atoms with van der Waals surface area (Å²) in [4.78, 5) is 6.36. The standard InChI is InChI=1S/C9H17N3OS/c1-3-13-5-4-12(2)6-8-7-14-9(10)11-8/h7H,3-6H2,1-2H3,(H2,10,11). The number of rotatable bonds is 6. The van der Waals surface area contributed by atoms with Crippen LogP contribution >= 0.6 is 11.3 Å². The van der Waals surface area contributed by atoms with Gasteiger partial charge in [-0.15, -0.1) is 11.3 Å². The highest BCUT2D eigenvalue weighted by molar-refractivity contribution is 7.13. The summed E-state index contributed by atoms with van der Waals surface area (Å²) in [6.07, 6.45) is 0. The third kappa shape index (κ3) is 4.04. The van der Waals surface area contributed by atoms with Crippen LogP contribution in [0, 0.1) is 0 Å². The number of hydrogen-bond acceptors (Lipinski definition) is 5. The van der Waals surface area contributed by atoms with E-state index in [9.17, 15) is 0 Å². The molecule has 0 amide bonds. The van der Waals surface area contributed by atoms with Gasteiger partial charge in [0.2, 0.25) is 0 Å². The monoisotopic (exact) mass is 215 g/mol. The fourth-order valence-corrected chi connectivity index (χ4v) is 1.67. The number of hydrogen-bond donors (Lipinski definition) is 1. The van der Waals surface area contributed by atoms with Gasteiger partial charge in [-0.05, 0) is 14.0 Å². The van der Waals surface area contributed by atoms with Crippen LogP contribution in [0.5, 0.6) is 0 Å².